The fraction of sp³-hybridized carbons (Fsp3) is 0.100. The first-order valence-electron chi connectivity index (χ1n) is 3.88. The molecule has 0 amide bonds. The number of nitrogens with zero attached hydrogens (tertiary/aromatic N) is 2. The van der Waals surface area contributed by atoms with Crippen LogP contribution in [0.3, 0.4) is 0 Å². The molecule has 0 N–H and O–H groups in total. The standard InChI is InChI=1S/C10H9N2/c1-8-4-2-3-5-9(8)10-6-7-11-12-10/h2-7H,1H3. The second kappa shape index (κ2) is 2.81. The summed E-state index contributed by atoms with van der Waals surface area (Å²) in [7, 11) is 0. The van der Waals surface area contributed by atoms with Gasteiger partial charge in [-0.2, -0.15) is 10.5 Å². The van der Waals surface area contributed by atoms with Gasteiger partial charge in [0.1, 0.15) is 0 Å². The molecular formula is C10H9N2. The molecule has 0 unspecified atom stereocenters. The summed E-state index contributed by atoms with van der Waals surface area (Å²) >= 11 is 0. The van der Waals surface area contributed by atoms with Crippen LogP contribution < -0.4 is 5.43 Å². The van der Waals surface area contributed by atoms with E-state index in [1.165, 1.54) is 5.56 Å². The van der Waals surface area contributed by atoms with Crippen molar-refractivity contribution in [2.45, 2.75) is 6.92 Å². The van der Waals surface area contributed by atoms with Gasteiger partial charge in [0.25, 0.3) is 0 Å². The van der Waals surface area contributed by atoms with E-state index in [1.807, 2.05) is 18.2 Å². The van der Waals surface area contributed by atoms with Crippen molar-refractivity contribution >= 4 is 5.71 Å². The molecule has 1 aliphatic rings. The zero-order chi connectivity index (χ0) is 8.39. The van der Waals surface area contributed by atoms with Crippen molar-refractivity contribution in [1.29, 1.82) is 0 Å². The topological polar surface area (TPSA) is 26.5 Å². The molecule has 2 heteroatoms. The number of benzene rings is 1. The predicted molar refractivity (Wildman–Crippen MR) is 49.0 cm³/mol. The van der Waals surface area contributed by atoms with Gasteiger partial charge in [-0.25, -0.2) is 0 Å². The Balaban J connectivity index is 2.46. The Kier molecular flexibility index (Phi) is 1.67. The van der Waals surface area contributed by atoms with Crippen molar-refractivity contribution < 1.29 is 0 Å². The van der Waals surface area contributed by atoms with Crippen LogP contribution in [0, 0.1) is 6.92 Å². The highest BCUT2D eigenvalue weighted by Gasteiger charge is 2.05. The van der Waals surface area contributed by atoms with Gasteiger partial charge < -0.3 is 0 Å². The van der Waals surface area contributed by atoms with Crippen molar-refractivity contribution in [1.82, 2.24) is 5.43 Å². The molecule has 0 saturated carbocycles. The molecule has 0 aromatic heterocycles. The van der Waals surface area contributed by atoms with E-state index in [4.69, 9.17) is 0 Å². The molecule has 2 rings (SSSR count). The number of hydrogen-bond acceptors (Lipinski definition) is 1. The Morgan fingerprint density at radius 2 is 2.00 bits per heavy atom. The maximum absolute atomic E-state index is 4.00. The van der Waals surface area contributed by atoms with Gasteiger partial charge in [-0.15, -0.1) is 0 Å². The first-order chi connectivity index (χ1) is 5.88. The van der Waals surface area contributed by atoms with E-state index >= 15 is 0 Å². The highest BCUT2D eigenvalue weighted by molar-refractivity contribution is 6.10. The van der Waals surface area contributed by atoms with E-state index in [1.54, 1.807) is 6.20 Å². The molecule has 0 saturated heterocycles. The lowest BCUT2D eigenvalue weighted by Gasteiger charge is -2.00. The van der Waals surface area contributed by atoms with Crippen molar-refractivity contribution in [2.75, 3.05) is 0 Å². The van der Waals surface area contributed by atoms with Crippen LogP contribution in [0.2, 0.25) is 0 Å². The second-order valence-corrected chi connectivity index (χ2v) is 2.73. The quantitative estimate of drug-likeness (QED) is 0.594. The van der Waals surface area contributed by atoms with Crippen molar-refractivity contribution in [2.24, 2.45) is 5.10 Å². The number of rotatable bonds is 1. The number of aryl methyl sites for hydroxylation is 1. The summed E-state index contributed by atoms with van der Waals surface area (Å²) in [6.45, 7) is 2.07. The van der Waals surface area contributed by atoms with Crippen molar-refractivity contribution in [3.63, 3.8) is 0 Å². The van der Waals surface area contributed by atoms with Gasteiger partial charge in [-0.05, 0) is 18.6 Å². The molecule has 1 aliphatic heterocycles. The summed E-state index contributed by atoms with van der Waals surface area (Å²) < 4.78 is 0. The predicted octanol–water partition coefficient (Wildman–Crippen LogP) is 1.83. The van der Waals surface area contributed by atoms with E-state index in [0.29, 0.717) is 0 Å². The summed E-state index contributed by atoms with van der Waals surface area (Å²) in [5.74, 6) is 0. The molecule has 0 atom stereocenters. The van der Waals surface area contributed by atoms with E-state index in [-0.39, 0.29) is 0 Å². The van der Waals surface area contributed by atoms with Crippen LogP contribution in [0.25, 0.3) is 0 Å². The van der Waals surface area contributed by atoms with Crippen molar-refractivity contribution in [3.05, 3.63) is 47.7 Å². The largest absolute Gasteiger partial charge is 0.158 e. The summed E-state index contributed by atoms with van der Waals surface area (Å²) in [6, 6.07) is 8.16. The van der Waals surface area contributed by atoms with Crippen LogP contribution in [0.15, 0.2) is 41.6 Å². The highest BCUT2D eigenvalue weighted by Crippen LogP contribution is 2.10. The van der Waals surface area contributed by atoms with Crippen molar-refractivity contribution in [3.8, 4) is 0 Å². The zero-order valence-electron chi connectivity index (χ0n) is 6.86. The molecule has 0 bridgehead atoms. The molecule has 2 nitrogen and oxygen atoms in total. The minimum absolute atomic E-state index is 0.952. The Bertz CT molecular complexity index is 351. The third-order valence-corrected chi connectivity index (χ3v) is 1.89. The molecule has 0 spiro atoms. The maximum atomic E-state index is 4.00. The van der Waals surface area contributed by atoms with Gasteiger partial charge >= 0.3 is 0 Å². The second-order valence-electron chi connectivity index (χ2n) is 2.73. The average molecular weight is 157 g/mol. The number of hydrogen-bond donors (Lipinski definition) is 0. The first-order valence-corrected chi connectivity index (χ1v) is 3.88. The SMILES string of the molecule is Cc1ccccc1C1=N[N]C=C1. The molecule has 1 aromatic rings. The van der Waals surface area contributed by atoms with Crippen LogP contribution in [0.4, 0.5) is 0 Å². The lowest BCUT2D eigenvalue weighted by Crippen LogP contribution is -1.97. The Morgan fingerprint density at radius 3 is 2.67 bits per heavy atom. The Morgan fingerprint density at radius 1 is 1.17 bits per heavy atom. The lowest BCUT2D eigenvalue weighted by atomic mass is 10.0. The summed E-state index contributed by atoms with van der Waals surface area (Å²) in [5.41, 5.74) is 7.14. The Hall–Kier alpha value is -1.57. The molecule has 0 fully saturated rings. The molecule has 1 aromatic carbocycles. The van der Waals surface area contributed by atoms with Crippen LogP contribution in [0.5, 0.6) is 0 Å². The normalized spacial score (nSPS) is 14.2. The van der Waals surface area contributed by atoms with E-state index in [0.717, 1.165) is 11.3 Å². The summed E-state index contributed by atoms with van der Waals surface area (Å²) in [6.07, 6.45) is 3.63. The Labute approximate surface area is 71.6 Å². The molecule has 0 aliphatic carbocycles. The van der Waals surface area contributed by atoms with Gasteiger partial charge in [-0.1, -0.05) is 24.3 Å². The fourth-order valence-electron chi connectivity index (χ4n) is 1.24. The van der Waals surface area contributed by atoms with Gasteiger partial charge in [-0.3, -0.25) is 0 Å². The van der Waals surface area contributed by atoms with Crippen LogP contribution in [0.1, 0.15) is 11.1 Å². The summed E-state index contributed by atoms with van der Waals surface area (Å²) in [4.78, 5) is 0. The molecule has 1 radical (unpaired) electrons. The average Bonchev–Trinajstić information content (AvgIpc) is 2.57. The minimum Gasteiger partial charge on any atom is -0.158 e. The first kappa shape index (κ1) is 7.10. The number of allylic oxidation sites excluding steroid dienone is 1. The van der Waals surface area contributed by atoms with Gasteiger partial charge in [0.2, 0.25) is 0 Å². The fourth-order valence-corrected chi connectivity index (χ4v) is 1.24. The van der Waals surface area contributed by atoms with Gasteiger partial charge in [0.15, 0.2) is 0 Å². The third kappa shape index (κ3) is 1.11. The lowest BCUT2D eigenvalue weighted by molar-refractivity contribution is 0.972. The van der Waals surface area contributed by atoms with Crippen LogP contribution >= 0.6 is 0 Å². The molecular weight excluding hydrogens is 148 g/mol. The molecule has 59 valence electrons. The monoisotopic (exact) mass is 157 g/mol. The van der Waals surface area contributed by atoms with Gasteiger partial charge in [0.05, 0.1) is 11.9 Å². The van der Waals surface area contributed by atoms with E-state index in [9.17, 15) is 0 Å². The summed E-state index contributed by atoms with van der Waals surface area (Å²) in [5, 5.41) is 4.00. The molecule has 1 heterocycles. The van der Waals surface area contributed by atoms with E-state index in [2.05, 4.69) is 29.6 Å². The van der Waals surface area contributed by atoms with Gasteiger partial charge in [0, 0.05) is 5.56 Å². The zero-order valence-corrected chi connectivity index (χ0v) is 6.86. The minimum atomic E-state index is 0.952. The molecule has 12 heavy (non-hydrogen) atoms. The van der Waals surface area contributed by atoms with Crippen LogP contribution in [-0.4, -0.2) is 5.71 Å². The third-order valence-electron chi connectivity index (χ3n) is 1.89. The maximum Gasteiger partial charge on any atom is 0.0947 e. The highest BCUT2D eigenvalue weighted by atomic mass is 15.3. The van der Waals surface area contributed by atoms with Crippen LogP contribution in [-0.2, 0) is 0 Å². The van der Waals surface area contributed by atoms with E-state index < -0.39 is 0 Å². The smallest absolute Gasteiger partial charge is 0.0947 e.